The standard InChI is InChI=1S/C24H25ClN4O4/c25-18-4-1-3-17(13-18)20-5-2-11-29(20)24(33)22(31)21(30)23(32)27-14-16-6-8-19(9-7-16)28-12-10-26-15-28/h1,3-4,6-10,12-13,15,20-22,30-31H,2,5,11,14H2,(H,27,32)/t20?,21-,22-/m1/s1. The summed E-state index contributed by atoms with van der Waals surface area (Å²) >= 11 is 6.08. The lowest BCUT2D eigenvalue weighted by Gasteiger charge is -2.28. The molecular weight excluding hydrogens is 444 g/mol. The summed E-state index contributed by atoms with van der Waals surface area (Å²) in [5, 5.41) is 23.9. The van der Waals surface area contributed by atoms with Gasteiger partial charge in [0.2, 0.25) is 0 Å². The molecular formula is C24H25ClN4O4. The van der Waals surface area contributed by atoms with Crippen LogP contribution < -0.4 is 5.32 Å². The number of benzene rings is 2. The van der Waals surface area contributed by atoms with Crippen molar-refractivity contribution in [3.05, 3.63) is 83.4 Å². The molecule has 8 nitrogen and oxygen atoms in total. The lowest BCUT2D eigenvalue weighted by Crippen LogP contribution is -2.50. The monoisotopic (exact) mass is 468 g/mol. The molecule has 2 heterocycles. The number of halogens is 1. The Morgan fingerprint density at radius 2 is 1.94 bits per heavy atom. The van der Waals surface area contributed by atoms with E-state index in [-0.39, 0.29) is 12.6 Å². The van der Waals surface area contributed by atoms with Gasteiger partial charge >= 0.3 is 0 Å². The number of nitrogens with zero attached hydrogens (tertiary/aromatic N) is 3. The van der Waals surface area contributed by atoms with E-state index in [2.05, 4.69) is 10.3 Å². The first-order valence-corrected chi connectivity index (χ1v) is 11.1. The van der Waals surface area contributed by atoms with E-state index in [9.17, 15) is 19.8 Å². The van der Waals surface area contributed by atoms with Gasteiger partial charge in [0.15, 0.2) is 12.2 Å². The molecule has 3 aromatic rings. The fourth-order valence-corrected chi connectivity index (χ4v) is 4.23. The van der Waals surface area contributed by atoms with Crippen LogP contribution >= 0.6 is 11.6 Å². The number of aromatic nitrogens is 2. The third kappa shape index (κ3) is 5.24. The van der Waals surface area contributed by atoms with Crippen LogP contribution in [-0.2, 0) is 16.1 Å². The molecule has 0 spiro atoms. The van der Waals surface area contributed by atoms with E-state index < -0.39 is 24.0 Å². The van der Waals surface area contributed by atoms with Gasteiger partial charge in [-0.05, 0) is 48.2 Å². The molecule has 9 heteroatoms. The lowest BCUT2D eigenvalue weighted by atomic mass is 10.0. The average Bonchev–Trinajstić information content (AvgIpc) is 3.54. The molecule has 0 bridgehead atoms. The van der Waals surface area contributed by atoms with Gasteiger partial charge in [-0.25, -0.2) is 4.98 Å². The zero-order valence-corrected chi connectivity index (χ0v) is 18.6. The number of carbonyl (C=O) groups excluding carboxylic acids is 2. The number of rotatable bonds is 7. The topological polar surface area (TPSA) is 108 Å². The molecule has 1 aromatic heterocycles. The maximum absolute atomic E-state index is 12.9. The highest BCUT2D eigenvalue weighted by atomic mass is 35.5. The Labute approximate surface area is 196 Å². The lowest BCUT2D eigenvalue weighted by molar-refractivity contribution is -0.153. The quantitative estimate of drug-likeness (QED) is 0.493. The molecule has 2 aromatic carbocycles. The number of imidazole rings is 1. The highest BCUT2D eigenvalue weighted by Crippen LogP contribution is 2.33. The third-order valence-electron chi connectivity index (χ3n) is 5.80. The van der Waals surface area contributed by atoms with E-state index in [1.807, 2.05) is 41.1 Å². The Morgan fingerprint density at radius 1 is 1.15 bits per heavy atom. The number of hydrogen-bond donors (Lipinski definition) is 3. The van der Waals surface area contributed by atoms with E-state index in [1.165, 1.54) is 4.90 Å². The zero-order valence-electron chi connectivity index (χ0n) is 17.8. The van der Waals surface area contributed by atoms with Crippen LogP contribution in [0.4, 0.5) is 0 Å². The molecule has 0 saturated carbocycles. The van der Waals surface area contributed by atoms with Crippen molar-refractivity contribution in [2.75, 3.05) is 6.54 Å². The van der Waals surface area contributed by atoms with Crippen molar-refractivity contribution in [1.29, 1.82) is 0 Å². The molecule has 3 atom stereocenters. The minimum absolute atomic E-state index is 0.149. The first-order valence-electron chi connectivity index (χ1n) is 10.7. The van der Waals surface area contributed by atoms with E-state index in [0.29, 0.717) is 11.6 Å². The number of likely N-dealkylation sites (tertiary alicyclic amines) is 1. The van der Waals surface area contributed by atoms with Crippen molar-refractivity contribution in [3.63, 3.8) is 0 Å². The molecule has 0 radical (unpaired) electrons. The second-order valence-electron chi connectivity index (χ2n) is 7.99. The van der Waals surface area contributed by atoms with Gasteiger partial charge in [0.1, 0.15) is 0 Å². The van der Waals surface area contributed by atoms with Crippen LogP contribution in [0.15, 0.2) is 67.3 Å². The normalized spacial score (nSPS) is 17.5. The summed E-state index contributed by atoms with van der Waals surface area (Å²) in [5.74, 6) is -1.49. The molecule has 2 amide bonds. The van der Waals surface area contributed by atoms with E-state index in [4.69, 9.17) is 11.6 Å². The summed E-state index contributed by atoms with van der Waals surface area (Å²) in [6.45, 7) is 0.584. The molecule has 172 valence electrons. The molecule has 1 fully saturated rings. The molecule has 0 aliphatic carbocycles. The van der Waals surface area contributed by atoms with Crippen LogP contribution in [0, 0.1) is 0 Å². The zero-order chi connectivity index (χ0) is 23.4. The Hall–Kier alpha value is -3.20. The van der Waals surface area contributed by atoms with Crippen LogP contribution in [0.2, 0.25) is 5.02 Å². The minimum Gasteiger partial charge on any atom is -0.380 e. The highest BCUT2D eigenvalue weighted by molar-refractivity contribution is 6.30. The molecule has 3 N–H and O–H groups in total. The van der Waals surface area contributed by atoms with Gasteiger partial charge in [-0.2, -0.15) is 0 Å². The van der Waals surface area contributed by atoms with Crippen molar-refractivity contribution in [2.24, 2.45) is 0 Å². The maximum atomic E-state index is 12.9. The fraction of sp³-hybridized carbons (Fsp3) is 0.292. The van der Waals surface area contributed by atoms with Crippen LogP contribution in [0.5, 0.6) is 0 Å². The van der Waals surface area contributed by atoms with Crippen LogP contribution in [-0.4, -0.2) is 55.2 Å². The first kappa shape index (κ1) is 23.0. The van der Waals surface area contributed by atoms with E-state index in [1.54, 1.807) is 30.7 Å². The number of carbonyl (C=O) groups is 2. The molecule has 1 aliphatic heterocycles. The number of nitrogens with one attached hydrogen (secondary N) is 1. The van der Waals surface area contributed by atoms with Crippen molar-refractivity contribution in [1.82, 2.24) is 19.8 Å². The molecule has 4 rings (SSSR count). The number of amides is 2. The maximum Gasteiger partial charge on any atom is 0.255 e. The minimum atomic E-state index is -1.87. The van der Waals surface area contributed by atoms with Gasteiger partial charge in [0.25, 0.3) is 11.8 Å². The van der Waals surface area contributed by atoms with Gasteiger partial charge in [-0.1, -0.05) is 35.9 Å². The van der Waals surface area contributed by atoms with Crippen molar-refractivity contribution in [2.45, 2.75) is 37.6 Å². The molecule has 33 heavy (non-hydrogen) atoms. The Kier molecular flexibility index (Phi) is 7.08. The SMILES string of the molecule is O=C(NCc1ccc(-n2ccnc2)cc1)[C@H](O)[C@@H](O)C(=O)N1CCCC1c1cccc(Cl)c1. The predicted octanol–water partition coefficient (Wildman–Crippen LogP) is 2.23. The molecule has 1 unspecified atom stereocenters. The number of aliphatic hydroxyl groups is 2. The van der Waals surface area contributed by atoms with Crippen molar-refractivity contribution >= 4 is 23.4 Å². The average molecular weight is 469 g/mol. The van der Waals surface area contributed by atoms with E-state index in [0.717, 1.165) is 29.7 Å². The Morgan fingerprint density at radius 3 is 2.64 bits per heavy atom. The summed E-state index contributed by atoms with van der Waals surface area (Å²) in [4.78, 5) is 30.8. The summed E-state index contributed by atoms with van der Waals surface area (Å²) in [6, 6.07) is 14.4. The fourth-order valence-electron chi connectivity index (χ4n) is 4.03. The van der Waals surface area contributed by atoms with Crippen molar-refractivity contribution < 1.29 is 19.8 Å². The van der Waals surface area contributed by atoms with Crippen LogP contribution in [0.1, 0.15) is 30.0 Å². The van der Waals surface area contributed by atoms with Gasteiger partial charge in [0, 0.05) is 36.2 Å². The second-order valence-corrected chi connectivity index (χ2v) is 8.42. The third-order valence-corrected chi connectivity index (χ3v) is 6.03. The second kappa shape index (κ2) is 10.2. The van der Waals surface area contributed by atoms with Gasteiger partial charge in [-0.15, -0.1) is 0 Å². The molecule has 1 saturated heterocycles. The number of hydrogen-bond acceptors (Lipinski definition) is 5. The molecule has 1 aliphatic rings. The van der Waals surface area contributed by atoms with Gasteiger partial charge < -0.3 is 25.0 Å². The van der Waals surface area contributed by atoms with Crippen LogP contribution in [0.3, 0.4) is 0 Å². The first-order chi connectivity index (χ1) is 15.9. The largest absolute Gasteiger partial charge is 0.380 e. The smallest absolute Gasteiger partial charge is 0.255 e. The summed E-state index contributed by atoms with van der Waals surface area (Å²) in [5.41, 5.74) is 2.59. The van der Waals surface area contributed by atoms with Crippen LogP contribution in [0.25, 0.3) is 5.69 Å². The summed E-state index contributed by atoms with van der Waals surface area (Å²) < 4.78 is 1.85. The highest BCUT2D eigenvalue weighted by Gasteiger charge is 2.38. The summed E-state index contributed by atoms with van der Waals surface area (Å²) in [7, 11) is 0. The van der Waals surface area contributed by atoms with Gasteiger partial charge in [0.05, 0.1) is 12.4 Å². The Bertz CT molecular complexity index is 1100. The summed E-state index contributed by atoms with van der Waals surface area (Å²) in [6.07, 6.45) is 2.94. The number of aliphatic hydroxyl groups excluding tert-OH is 2. The predicted molar refractivity (Wildman–Crippen MR) is 123 cm³/mol. The Balaban J connectivity index is 1.34. The van der Waals surface area contributed by atoms with Crippen molar-refractivity contribution in [3.8, 4) is 5.69 Å². The van der Waals surface area contributed by atoms with E-state index >= 15 is 0 Å². The van der Waals surface area contributed by atoms with Gasteiger partial charge in [-0.3, -0.25) is 9.59 Å².